The summed E-state index contributed by atoms with van der Waals surface area (Å²) in [7, 11) is 0. The topological polar surface area (TPSA) is 89.5 Å². The highest BCUT2D eigenvalue weighted by Gasteiger charge is 2.14. The van der Waals surface area contributed by atoms with Crippen molar-refractivity contribution >= 4 is 34.5 Å². The van der Waals surface area contributed by atoms with Gasteiger partial charge >= 0.3 is 11.9 Å². The molecule has 0 aliphatic carbocycles. The normalized spacial score (nSPS) is 10.7. The monoisotopic (exact) mass is 524 g/mol. The summed E-state index contributed by atoms with van der Waals surface area (Å²) in [6.07, 6.45) is 0. The van der Waals surface area contributed by atoms with Gasteiger partial charge in [0.05, 0.1) is 50.8 Å². The lowest BCUT2D eigenvalue weighted by Crippen LogP contribution is -2.15. The zero-order valence-electron chi connectivity index (χ0n) is 16.9. The molecular formula is C20H29IO8. The van der Waals surface area contributed by atoms with Gasteiger partial charge in [0.25, 0.3) is 0 Å². The fourth-order valence-electron chi connectivity index (χ4n) is 2.11. The van der Waals surface area contributed by atoms with Crippen LogP contribution in [0.5, 0.6) is 0 Å². The summed E-state index contributed by atoms with van der Waals surface area (Å²) >= 11 is 2.03. The first kappa shape index (κ1) is 25.8. The van der Waals surface area contributed by atoms with Crippen molar-refractivity contribution in [3.05, 3.63) is 32.9 Å². The van der Waals surface area contributed by atoms with Crippen LogP contribution in [0.15, 0.2) is 18.2 Å². The van der Waals surface area contributed by atoms with Crippen molar-refractivity contribution < 1.29 is 38.0 Å². The molecule has 0 spiro atoms. The molecular weight excluding hydrogens is 495 g/mol. The van der Waals surface area contributed by atoms with Gasteiger partial charge in [0.1, 0.15) is 13.2 Å². The van der Waals surface area contributed by atoms with E-state index >= 15 is 0 Å². The zero-order chi connectivity index (χ0) is 21.3. The Labute approximate surface area is 185 Å². The molecule has 0 aliphatic rings. The molecule has 0 saturated carbocycles. The Hall–Kier alpha value is -1.27. The van der Waals surface area contributed by atoms with Gasteiger partial charge in [-0.3, -0.25) is 0 Å². The molecule has 0 saturated heterocycles. The number of halogens is 1. The van der Waals surface area contributed by atoms with Crippen molar-refractivity contribution in [2.45, 2.75) is 13.8 Å². The SMILES string of the molecule is CCOCCOCCOC(=O)c1cc(I)cc(C(=O)OCCOCCOCC)c1. The minimum absolute atomic E-state index is 0.120. The smallest absolute Gasteiger partial charge is 0.338 e. The molecule has 1 aromatic carbocycles. The standard InChI is InChI=1S/C20H29IO8/c1-3-24-5-7-26-9-11-28-19(22)16-13-17(15-18(21)14-16)20(23)29-12-10-27-8-6-25-4-2/h13-15H,3-12H2,1-2H3. The summed E-state index contributed by atoms with van der Waals surface area (Å²) in [6, 6.07) is 4.75. The van der Waals surface area contributed by atoms with E-state index in [1.807, 2.05) is 36.4 Å². The second-order valence-corrected chi connectivity index (χ2v) is 6.86. The maximum Gasteiger partial charge on any atom is 0.338 e. The average molecular weight is 524 g/mol. The number of rotatable bonds is 16. The van der Waals surface area contributed by atoms with E-state index in [9.17, 15) is 9.59 Å². The van der Waals surface area contributed by atoms with E-state index in [4.69, 9.17) is 28.4 Å². The van der Waals surface area contributed by atoms with Gasteiger partial charge in [-0.2, -0.15) is 0 Å². The number of carbonyl (C=O) groups is 2. The Morgan fingerprint density at radius 2 is 1.03 bits per heavy atom. The quantitative estimate of drug-likeness (QED) is 0.185. The van der Waals surface area contributed by atoms with E-state index in [2.05, 4.69) is 0 Å². The lowest BCUT2D eigenvalue weighted by molar-refractivity contribution is 0.0162. The van der Waals surface area contributed by atoms with Gasteiger partial charge in [0.15, 0.2) is 0 Å². The third-order valence-electron chi connectivity index (χ3n) is 3.44. The minimum Gasteiger partial charge on any atom is -0.460 e. The van der Waals surface area contributed by atoms with Gasteiger partial charge in [-0.25, -0.2) is 9.59 Å². The molecule has 0 radical (unpaired) electrons. The van der Waals surface area contributed by atoms with Crippen LogP contribution in [0.4, 0.5) is 0 Å². The van der Waals surface area contributed by atoms with E-state index in [1.54, 1.807) is 12.1 Å². The Morgan fingerprint density at radius 3 is 1.45 bits per heavy atom. The molecule has 0 fully saturated rings. The number of carbonyl (C=O) groups excluding carboxylic acids is 2. The van der Waals surface area contributed by atoms with Crippen LogP contribution >= 0.6 is 22.6 Å². The Bertz CT molecular complexity index is 560. The van der Waals surface area contributed by atoms with Crippen LogP contribution in [0.3, 0.4) is 0 Å². The van der Waals surface area contributed by atoms with E-state index in [0.29, 0.717) is 39.6 Å². The molecule has 0 N–H and O–H groups in total. The number of hydrogen-bond acceptors (Lipinski definition) is 8. The maximum absolute atomic E-state index is 12.2. The van der Waals surface area contributed by atoms with Crippen molar-refractivity contribution in [3.63, 3.8) is 0 Å². The predicted molar refractivity (Wildman–Crippen MR) is 114 cm³/mol. The van der Waals surface area contributed by atoms with Gasteiger partial charge in [-0.05, 0) is 54.6 Å². The number of esters is 2. The van der Waals surface area contributed by atoms with Crippen molar-refractivity contribution in [1.29, 1.82) is 0 Å². The summed E-state index contributed by atoms with van der Waals surface area (Å²) in [6.45, 7) is 7.78. The molecule has 8 nitrogen and oxygen atoms in total. The average Bonchev–Trinajstić information content (AvgIpc) is 2.71. The Morgan fingerprint density at radius 1 is 0.655 bits per heavy atom. The second kappa shape index (κ2) is 16.5. The highest BCUT2D eigenvalue weighted by Crippen LogP contribution is 2.15. The van der Waals surface area contributed by atoms with Crippen LogP contribution in [0.1, 0.15) is 34.6 Å². The third-order valence-corrected chi connectivity index (χ3v) is 4.07. The van der Waals surface area contributed by atoms with Crippen LogP contribution in [0, 0.1) is 3.57 Å². The molecule has 0 atom stereocenters. The minimum atomic E-state index is -0.523. The van der Waals surface area contributed by atoms with Crippen molar-refractivity contribution in [2.75, 3.05) is 66.1 Å². The van der Waals surface area contributed by atoms with Gasteiger partial charge in [0.2, 0.25) is 0 Å². The lowest BCUT2D eigenvalue weighted by atomic mass is 10.1. The number of benzene rings is 1. The van der Waals surface area contributed by atoms with Crippen LogP contribution in [-0.2, 0) is 28.4 Å². The van der Waals surface area contributed by atoms with E-state index in [1.165, 1.54) is 6.07 Å². The molecule has 0 aliphatic heterocycles. The van der Waals surface area contributed by atoms with Gasteiger partial charge in [-0.15, -0.1) is 0 Å². The molecule has 1 rings (SSSR count). The molecule has 9 heteroatoms. The summed E-state index contributed by atoms with van der Waals surface area (Å²) in [5, 5.41) is 0. The lowest BCUT2D eigenvalue weighted by Gasteiger charge is -2.09. The Balaban J connectivity index is 2.38. The fourth-order valence-corrected chi connectivity index (χ4v) is 2.78. The van der Waals surface area contributed by atoms with E-state index < -0.39 is 11.9 Å². The molecule has 0 bridgehead atoms. The van der Waals surface area contributed by atoms with E-state index in [0.717, 1.165) is 3.57 Å². The molecule has 0 unspecified atom stereocenters. The van der Waals surface area contributed by atoms with Crippen LogP contribution in [0.2, 0.25) is 0 Å². The first-order valence-electron chi connectivity index (χ1n) is 9.54. The van der Waals surface area contributed by atoms with Gasteiger partial charge in [-0.1, -0.05) is 0 Å². The molecule has 0 heterocycles. The summed E-state index contributed by atoms with van der Waals surface area (Å²) < 4.78 is 32.0. The highest BCUT2D eigenvalue weighted by atomic mass is 127. The number of hydrogen-bond donors (Lipinski definition) is 0. The predicted octanol–water partition coefficient (Wildman–Crippen LogP) is 2.71. The zero-order valence-corrected chi connectivity index (χ0v) is 19.1. The fraction of sp³-hybridized carbons (Fsp3) is 0.600. The molecule has 0 amide bonds. The number of ether oxygens (including phenoxy) is 6. The van der Waals surface area contributed by atoms with E-state index in [-0.39, 0.29) is 37.6 Å². The van der Waals surface area contributed by atoms with Crippen LogP contribution in [-0.4, -0.2) is 78.0 Å². The molecule has 164 valence electrons. The largest absolute Gasteiger partial charge is 0.460 e. The molecule has 1 aromatic rings. The van der Waals surface area contributed by atoms with Crippen molar-refractivity contribution in [3.8, 4) is 0 Å². The first-order chi connectivity index (χ1) is 14.1. The van der Waals surface area contributed by atoms with Crippen LogP contribution in [0.25, 0.3) is 0 Å². The first-order valence-corrected chi connectivity index (χ1v) is 10.6. The maximum atomic E-state index is 12.2. The molecule has 0 aromatic heterocycles. The summed E-state index contributed by atoms with van der Waals surface area (Å²) in [5.74, 6) is -1.05. The van der Waals surface area contributed by atoms with Gasteiger partial charge < -0.3 is 28.4 Å². The summed E-state index contributed by atoms with van der Waals surface area (Å²) in [5.41, 5.74) is 0.567. The van der Waals surface area contributed by atoms with Crippen molar-refractivity contribution in [1.82, 2.24) is 0 Å². The second-order valence-electron chi connectivity index (χ2n) is 5.62. The van der Waals surface area contributed by atoms with Crippen molar-refractivity contribution in [2.24, 2.45) is 0 Å². The van der Waals surface area contributed by atoms with Crippen LogP contribution < -0.4 is 0 Å². The summed E-state index contributed by atoms with van der Waals surface area (Å²) in [4.78, 5) is 24.4. The molecule has 29 heavy (non-hydrogen) atoms. The third kappa shape index (κ3) is 12.1. The Kier molecular flexibility index (Phi) is 14.7. The highest BCUT2D eigenvalue weighted by molar-refractivity contribution is 14.1. The van der Waals surface area contributed by atoms with Gasteiger partial charge in [0, 0.05) is 16.8 Å².